The first kappa shape index (κ1) is 38.7. The minimum Gasteiger partial charge on any atom is -0.458 e. The average Bonchev–Trinajstić information content (AvgIpc) is 3.59. The zero-order valence-corrected chi connectivity index (χ0v) is 33.7. The normalized spacial score (nSPS) is 26.1. The molecule has 2 unspecified atom stereocenters. The fraction of sp³-hybridized carbons (Fsp3) is 0.458. The molecule has 2 heterocycles. The minimum atomic E-state index is -0.549. The highest BCUT2D eigenvalue weighted by atomic mass is 16.5. The molecule has 0 spiro atoms. The van der Waals surface area contributed by atoms with Crippen molar-refractivity contribution in [1.29, 1.82) is 0 Å². The third kappa shape index (κ3) is 8.03. The van der Waals surface area contributed by atoms with Crippen LogP contribution in [0.25, 0.3) is 0 Å². The summed E-state index contributed by atoms with van der Waals surface area (Å²) in [7, 11) is 0. The molecule has 3 fully saturated rings. The molecule has 3 aliphatic carbocycles. The Morgan fingerprint density at radius 2 is 1.11 bits per heavy atom. The lowest BCUT2D eigenvalue weighted by Crippen LogP contribution is -2.42. The van der Waals surface area contributed by atoms with Gasteiger partial charge in [-0.15, -0.1) is 0 Å². The van der Waals surface area contributed by atoms with Gasteiger partial charge in [-0.05, 0) is 161 Å². The number of carbonyl (C=O) groups is 4. The van der Waals surface area contributed by atoms with E-state index in [0.29, 0.717) is 57.0 Å². The second kappa shape index (κ2) is 15.6. The van der Waals surface area contributed by atoms with Crippen LogP contribution in [0.2, 0.25) is 0 Å². The predicted octanol–water partition coefficient (Wildman–Crippen LogP) is 10.5. The minimum absolute atomic E-state index is 0.0477. The summed E-state index contributed by atoms with van der Waals surface area (Å²) in [6.07, 6.45) is 15.8. The molecule has 298 valence electrons. The van der Waals surface area contributed by atoms with Crippen LogP contribution in [0.15, 0.2) is 90.7 Å². The van der Waals surface area contributed by atoms with Crippen molar-refractivity contribution in [2.75, 3.05) is 0 Å². The third-order valence-electron chi connectivity index (χ3n) is 12.9. The van der Waals surface area contributed by atoms with E-state index >= 15 is 0 Å². The van der Waals surface area contributed by atoms with Gasteiger partial charge in [0.2, 0.25) is 11.8 Å². The Labute approximate surface area is 336 Å². The molecule has 3 aromatic rings. The van der Waals surface area contributed by atoms with Gasteiger partial charge in [-0.25, -0.2) is 0 Å². The topological polar surface area (TPSA) is 102 Å². The number of fused-ring (bicyclic) bond motifs is 2. The van der Waals surface area contributed by atoms with E-state index in [1.165, 1.54) is 41.9 Å². The van der Waals surface area contributed by atoms with E-state index in [1.54, 1.807) is 85.0 Å². The van der Waals surface area contributed by atoms with E-state index in [0.717, 1.165) is 37.5 Å². The van der Waals surface area contributed by atoms with E-state index < -0.39 is 11.8 Å². The molecule has 0 bridgehead atoms. The van der Waals surface area contributed by atoms with Crippen LogP contribution in [0.4, 0.5) is 0 Å². The van der Waals surface area contributed by atoms with E-state index in [9.17, 15) is 19.2 Å². The number of allylic oxidation sites excluding steroid dienone is 1. The molecule has 4 amide bonds. The molecule has 57 heavy (non-hydrogen) atoms. The van der Waals surface area contributed by atoms with Crippen molar-refractivity contribution in [3.63, 3.8) is 0 Å². The predicted molar refractivity (Wildman–Crippen MR) is 217 cm³/mol. The van der Waals surface area contributed by atoms with E-state index in [-0.39, 0.29) is 35.7 Å². The first-order valence-corrected chi connectivity index (χ1v) is 20.8. The molecule has 9 heteroatoms. The number of hydrogen-bond acceptors (Lipinski definition) is 7. The fourth-order valence-electron chi connectivity index (χ4n) is 9.69. The Morgan fingerprint density at radius 1 is 0.614 bits per heavy atom. The maximum absolute atomic E-state index is 13.6. The first-order chi connectivity index (χ1) is 27.3. The maximum Gasteiger partial charge on any atom is 0.261 e. The van der Waals surface area contributed by atoms with Crippen LogP contribution in [0, 0.1) is 35.0 Å². The number of hydrogen-bond donors (Lipinski definition) is 0. The second-order valence-corrected chi connectivity index (χ2v) is 18.1. The summed E-state index contributed by atoms with van der Waals surface area (Å²) in [6, 6.07) is 19.2. The zero-order valence-electron chi connectivity index (χ0n) is 33.7. The van der Waals surface area contributed by atoms with Crippen LogP contribution in [-0.2, 0) is 9.59 Å². The second-order valence-electron chi connectivity index (χ2n) is 18.1. The molecule has 0 N–H and O–H groups in total. The van der Waals surface area contributed by atoms with Crippen molar-refractivity contribution < 1.29 is 33.4 Å². The Morgan fingerprint density at radius 3 is 1.67 bits per heavy atom. The Kier molecular flexibility index (Phi) is 10.6. The van der Waals surface area contributed by atoms with Gasteiger partial charge in [0.15, 0.2) is 0 Å². The number of ether oxygens (including phenoxy) is 3. The van der Waals surface area contributed by atoms with Gasteiger partial charge in [0.25, 0.3) is 11.8 Å². The smallest absolute Gasteiger partial charge is 0.261 e. The number of likely N-dealkylation sites (tertiary alicyclic amines) is 1. The lowest BCUT2D eigenvalue weighted by Gasteiger charge is -2.39. The Hall–Kier alpha value is -5.18. The molecular formula is C48H54N2O7. The summed E-state index contributed by atoms with van der Waals surface area (Å²) in [5, 5.41) is 0. The molecule has 8 rings (SSSR count). The van der Waals surface area contributed by atoms with Gasteiger partial charge >= 0.3 is 0 Å². The third-order valence-corrected chi connectivity index (χ3v) is 12.9. The standard InChI is InChI=1S/C48H54N2O7/c1-29(2)49-44(51)40-24-22-38(27-42(40)46(49)53)56-36-18-14-34(15-19-36)55-35-16-20-37(21-17-35)57-39-23-25-41-43(28-39)47(54)50(45(41)52)33-12-8-31(9-13-33)26-30-6-10-32(11-7-30)48(3,4)5/h14-25,27-33,40,42H,6-13,26H2,1-5H3. The molecule has 9 nitrogen and oxygen atoms in total. The van der Waals surface area contributed by atoms with Gasteiger partial charge in [0.1, 0.15) is 34.5 Å². The van der Waals surface area contributed by atoms with Gasteiger partial charge in [-0.1, -0.05) is 39.7 Å². The summed E-state index contributed by atoms with van der Waals surface area (Å²) in [4.78, 5) is 55.5. The molecule has 0 aromatic heterocycles. The Bertz CT molecular complexity index is 2080. The van der Waals surface area contributed by atoms with Crippen molar-refractivity contribution in [2.45, 2.75) is 104 Å². The van der Waals surface area contributed by atoms with Crippen LogP contribution in [0.5, 0.6) is 28.7 Å². The van der Waals surface area contributed by atoms with Crippen LogP contribution in [0.1, 0.15) is 113 Å². The lowest BCUT2D eigenvalue weighted by molar-refractivity contribution is -0.141. The Balaban J connectivity index is 0.817. The largest absolute Gasteiger partial charge is 0.458 e. The summed E-state index contributed by atoms with van der Waals surface area (Å²) in [6.45, 7) is 10.8. The summed E-state index contributed by atoms with van der Waals surface area (Å²) in [5.41, 5.74) is 1.25. The van der Waals surface area contributed by atoms with Gasteiger partial charge < -0.3 is 14.2 Å². The molecule has 1 saturated heterocycles. The van der Waals surface area contributed by atoms with Crippen molar-refractivity contribution in [1.82, 2.24) is 9.80 Å². The van der Waals surface area contributed by atoms with E-state index in [1.807, 2.05) is 13.8 Å². The number of nitrogens with zero attached hydrogens (tertiary/aromatic N) is 2. The zero-order chi connectivity index (χ0) is 40.0. The fourth-order valence-corrected chi connectivity index (χ4v) is 9.69. The molecule has 5 aliphatic rings. The SMILES string of the molecule is CC(C)N1C(=O)C2C=CC(Oc3ccc(Oc4ccc(Oc5ccc6c(c5)C(=O)N(C5CCC(CC7CCC(C(C)(C)C)CC7)CC5)C6=O)cc4)cc3)=CC2C1=O. The first-order valence-electron chi connectivity index (χ1n) is 20.8. The molecule has 0 radical (unpaired) electrons. The molecule has 2 saturated carbocycles. The maximum atomic E-state index is 13.6. The number of benzene rings is 3. The van der Waals surface area contributed by atoms with Gasteiger partial charge in [-0.2, -0.15) is 0 Å². The van der Waals surface area contributed by atoms with Crippen LogP contribution in [0.3, 0.4) is 0 Å². The number of rotatable bonds is 10. The molecule has 2 atom stereocenters. The van der Waals surface area contributed by atoms with Crippen LogP contribution in [-0.4, -0.2) is 45.5 Å². The number of imide groups is 2. The quantitative estimate of drug-likeness (QED) is 0.189. The molecule has 2 aliphatic heterocycles. The van der Waals surface area contributed by atoms with Crippen molar-refractivity contribution in [2.24, 2.45) is 35.0 Å². The highest BCUT2D eigenvalue weighted by Crippen LogP contribution is 2.44. The lowest BCUT2D eigenvalue weighted by atomic mass is 9.67. The summed E-state index contributed by atoms with van der Waals surface area (Å²) in [5.74, 6) is 3.89. The number of carbonyl (C=O) groups excluding carboxylic acids is 4. The summed E-state index contributed by atoms with van der Waals surface area (Å²) >= 11 is 0. The van der Waals surface area contributed by atoms with Gasteiger partial charge in [0, 0.05) is 12.1 Å². The number of amides is 4. The van der Waals surface area contributed by atoms with Crippen LogP contribution < -0.4 is 14.2 Å². The monoisotopic (exact) mass is 770 g/mol. The van der Waals surface area contributed by atoms with Crippen molar-refractivity contribution in [3.8, 4) is 28.7 Å². The highest BCUT2D eigenvalue weighted by Gasteiger charge is 2.47. The van der Waals surface area contributed by atoms with Crippen molar-refractivity contribution >= 4 is 23.6 Å². The van der Waals surface area contributed by atoms with Crippen molar-refractivity contribution in [3.05, 3.63) is 102 Å². The van der Waals surface area contributed by atoms with Gasteiger partial charge in [0.05, 0.1) is 23.0 Å². The van der Waals surface area contributed by atoms with Gasteiger partial charge in [-0.3, -0.25) is 29.0 Å². The van der Waals surface area contributed by atoms with Crippen LogP contribution >= 0.6 is 0 Å². The highest BCUT2D eigenvalue weighted by molar-refractivity contribution is 6.21. The average molecular weight is 771 g/mol. The summed E-state index contributed by atoms with van der Waals surface area (Å²) < 4.78 is 18.2. The molecular weight excluding hydrogens is 717 g/mol. The van der Waals surface area contributed by atoms with E-state index in [2.05, 4.69) is 20.8 Å². The molecule has 3 aromatic carbocycles. The van der Waals surface area contributed by atoms with E-state index in [4.69, 9.17) is 14.2 Å².